The fourth-order valence-electron chi connectivity index (χ4n) is 1.16. The summed E-state index contributed by atoms with van der Waals surface area (Å²) in [7, 11) is 0. The molecule has 0 atom stereocenters. The molecule has 0 saturated carbocycles. The van der Waals surface area contributed by atoms with Crippen LogP contribution in [-0.4, -0.2) is 28.6 Å². The highest BCUT2D eigenvalue weighted by Crippen LogP contribution is 1.96. The maximum atomic E-state index is 6.66. The van der Waals surface area contributed by atoms with E-state index in [-0.39, 0.29) is 0 Å². The van der Waals surface area contributed by atoms with Gasteiger partial charge in [0.15, 0.2) is 0 Å². The van der Waals surface area contributed by atoms with Gasteiger partial charge in [0.25, 0.3) is 0 Å². The summed E-state index contributed by atoms with van der Waals surface area (Å²) in [5.74, 6) is 0. The van der Waals surface area contributed by atoms with Crippen molar-refractivity contribution >= 4 is 25.6 Å². The Labute approximate surface area is 111 Å². The summed E-state index contributed by atoms with van der Waals surface area (Å²) in [6.45, 7) is 3.08. The number of hydroxylamine groups is 2. The first-order valence-electron chi connectivity index (χ1n) is 6.34. The fraction of sp³-hybridized carbons (Fsp3) is 1.00. The summed E-state index contributed by atoms with van der Waals surface area (Å²) in [5.41, 5.74) is 5.33. The average Bonchev–Trinajstić information content (AvgIpc) is 2.39. The Bertz CT molecular complexity index is 148. The lowest BCUT2D eigenvalue weighted by Gasteiger charge is -2.04. The Morgan fingerprint density at radius 2 is 1.38 bits per heavy atom. The number of unbranched alkanes of at least 4 members (excludes halogenated alkanes) is 3. The fourth-order valence-corrected chi connectivity index (χ4v) is 1.33. The van der Waals surface area contributed by atoms with Gasteiger partial charge in [-0.05, 0) is 57.7 Å². The molecule has 98 valence electrons. The standard InChI is InChI=1S/C9H22N2O3S2/c15-13-10-6-2-1-4-8-12-9-5-3-7-11-14-16/h10-11,15-16H,1-9H2/i/hT2. The molecule has 0 heterocycles. The Balaban J connectivity index is 2.86. The van der Waals surface area contributed by atoms with Gasteiger partial charge in [-0.1, -0.05) is 0 Å². The molecule has 0 aliphatic carbocycles. The van der Waals surface area contributed by atoms with E-state index in [1.54, 1.807) is 0 Å². The lowest BCUT2D eigenvalue weighted by Crippen LogP contribution is -2.11. The zero-order valence-corrected chi connectivity index (χ0v) is 11.0. The molecule has 0 radical (unpaired) electrons. The molecule has 0 aliphatic heterocycles. The number of nitrogens with one attached hydrogen (secondary N) is 2. The van der Waals surface area contributed by atoms with Crippen LogP contribution in [0.3, 0.4) is 0 Å². The van der Waals surface area contributed by atoms with Crippen LogP contribution in [-0.2, 0) is 13.3 Å². The van der Waals surface area contributed by atoms with Crippen molar-refractivity contribution in [3.8, 4) is 0 Å². The van der Waals surface area contributed by atoms with Gasteiger partial charge in [-0.3, -0.25) is 0 Å². The minimum absolute atomic E-state index is 0.568. The van der Waals surface area contributed by atoms with Crippen LogP contribution >= 0.6 is 25.6 Å². The lowest BCUT2D eigenvalue weighted by molar-refractivity contribution is 0.123. The first-order valence-corrected chi connectivity index (χ1v) is 6.19. The van der Waals surface area contributed by atoms with Gasteiger partial charge in [-0.2, -0.15) is 11.0 Å². The second-order valence-corrected chi connectivity index (χ2v) is 3.67. The van der Waals surface area contributed by atoms with Crippen molar-refractivity contribution in [2.75, 3.05) is 26.3 Å². The van der Waals surface area contributed by atoms with Gasteiger partial charge in [0.05, 0.1) is 0 Å². The number of ether oxygens (including phenoxy) is 1. The maximum absolute atomic E-state index is 6.66. The summed E-state index contributed by atoms with van der Waals surface area (Å²) in [4.78, 5) is 0. The topological polar surface area (TPSA) is 51.8 Å². The minimum atomic E-state index is 0.568. The van der Waals surface area contributed by atoms with Crippen molar-refractivity contribution in [2.24, 2.45) is 0 Å². The number of thiol groups is 2. The summed E-state index contributed by atoms with van der Waals surface area (Å²) in [6.07, 6.45) is 5.14. The number of hydrogen-bond acceptors (Lipinski definition) is 7. The molecular weight excluding hydrogens is 248 g/mol. The highest BCUT2D eigenvalue weighted by Gasteiger charge is 1.92. The average molecular weight is 274 g/mol. The Morgan fingerprint density at radius 1 is 0.812 bits per heavy atom. The molecular formula is C9H22N2O3S2. The van der Waals surface area contributed by atoms with E-state index < -0.39 is 0 Å². The number of rotatable bonds is 15. The minimum Gasteiger partial charge on any atom is -0.381 e. The van der Waals surface area contributed by atoms with Gasteiger partial charge in [0.1, 0.15) is 2.25 Å². The molecule has 0 aromatic rings. The van der Waals surface area contributed by atoms with Crippen LogP contribution < -0.4 is 11.0 Å². The molecule has 0 fully saturated rings. The van der Waals surface area contributed by atoms with Crippen LogP contribution in [0, 0.1) is 0 Å². The van der Waals surface area contributed by atoms with Gasteiger partial charge in [0.2, 0.25) is 0 Å². The van der Waals surface area contributed by atoms with E-state index in [1.807, 2.05) is 0 Å². The molecule has 7 heteroatoms. The summed E-state index contributed by atoms with van der Waals surface area (Å²) in [6, 6.07) is 0. The molecule has 0 aliphatic rings. The van der Waals surface area contributed by atoms with Gasteiger partial charge >= 0.3 is 0 Å². The quantitative estimate of drug-likeness (QED) is 0.158. The predicted molar refractivity (Wildman–Crippen MR) is 70.1 cm³/mol. The van der Waals surface area contributed by atoms with Crippen LogP contribution in [0.4, 0.5) is 0 Å². The second-order valence-electron chi connectivity index (χ2n) is 3.34. The van der Waals surface area contributed by atoms with Crippen molar-refractivity contribution < 1.29 is 13.3 Å². The van der Waals surface area contributed by atoms with E-state index in [0.29, 0.717) is 25.6 Å². The Kier molecular flexibility index (Phi) is 12.5. The highest BCUT2D eigenvalue weighted by molar-refractivity contribution is 7.75. The Hall–Kier alpha value is 0.500. The van der Waals surface area contributed by atoms with Gasteiger partial charge in [0, 0.05) is 26.3 Å². The van der Waals surface area contributed by atoms with Gasteiger partial charge < -0.3 is 4.74 Å². The molecule has 0 aromatic carbocycles. The molecule has 0 saturated heterocycles. The normalized spacial score (nSPS) is 12.5. The maximum Gasteiger partial charge on any atom is 0.137 e. The molecule has 2 N–H and O–H groups in total. The van der Waals surface area contributed by atoms with E-state index in [9.17, 15) is 0 Å². The highest BCUT2D eigenvalue weighted by atomic mass is 32.1. The smallest absolute Gasteiger partial charge is 0.137 e. The molecule has 0 unspecified atom stereocenters. The predicted octanol–water partition coefficient (Wildman–Crippen LogP) is 1.69. The zero-order valence-electron chi connectivity index (χ0n) is 11.4. The molecule has 16 heavy (non-hydrogen) atoms. The van der Waals surface area contributed by atoms with Crippen LogP contribution in [0.15, 0.2) is 0 Å². The first kappa shape index (κ1) is 12.9. The molecule has 0 spiro atoms. The van der Waals surface area contributed by atoms with E-state index in [1.165, 1.54) is 0 Å². The van der Waals surface area contributed by atoms with Crippen molar-refractivity contribution in [2.45, 2.75) is 32.1 Å². The van der Waals surface area contributed by atoms with Gasteiger partial charge in [-0.25, -0.2) is 8.57 Å². The van der Waals surface area contributed by atoms with Crippen LogP contribution in [0.1, 0.15) is 32.1 Å². The largest absolute Gasteiger partial charge is 0.381 e. The first-order chi connectivity index (χ1) is 8.91. The van der Waals surface area contributed by atoms with Crippen LogP contribution in [0.25, 0.3) is 0 Å². The van der Waals surface area contributed by atoms with E-state index in [0.717, 1.165) is 58.4 Å². The molecule has 0 rings (SSSR count). The third-order valence-corrected chi connectivity index (χ3v) is 2.24. The van der Waals surface area contributed by atoms with Crippen LogP contribution in [0.2, 0.25) is 0 Å². The SMILES string of the molecule is [3H]SONCCCCCOCCCCNOS[3H]. The lowest BCUT2D eigenvalue weighted by atomic mass is 10.2. The Morgan fingerprint density at radius 3 is 2.00 bits per heavy atom. The number of hydrogen-bond donors (Lipinski definition) is 4. The molecule has 5 nitrogen and oxygen atoms in total. The third-order valence-electron chi connectivity index (χ3n) is 2.00. The van der Waals surface area contributed by atoms with Crippen molar-refractivity contribution in [1.82, 2.24) is 11.0 Å². The van der Waals surface area contributed by atoms with E-state index >= 15 is 0 Å². The van der Waals surface area contributed by atoms with E-state index in [4.69, 9.17) is 6.98 Å². The van der Waals surface area contributed by atoms with E-state index in [2.05, 4.69) is 19.5 Å². The summed E-state index contributed by atoms with van der Waals surface area (Å²) >= 11 is 1.14. The van der Waals surface area contributed by atoms with Crippen molar-refractivity contribution in [3.05, 3.63) is 0 Å². The monoisotopic (exact) mass is 274 g/mol. The van der Waals surface area contributed by atoms with Crippen molar-refractivity contribution in [3.63, 3.8) is 0 Å². The molecule has 0 aromatic heterocycles. The third kappa shape index (κ3) is 14.5. The van der Waals surface area contributed by atoms with Crippen LogP contribution in [0.5, 0.6) is 0 Å². The van der Waals surface area contributed by atoms with Crippen molar-refractivity contribution in [1.29, 1.82) is 2.25 Å². The molecule has 0 amide bonds. The summed E-state index contributed by atoms with van der Waals surface area (Å²) < 4.78 is 28.0. The van der Waals surface area contributed by atoms with Gasteiger partial charge in [-0.15, -0.1) is 0 Å². The molecule has 0 bridgehead atoms. The summed E-state index contributed by atoms with van der Waals surface area (Å²) in [5, 5.41) is 0. The zero-order chi connectivity index (χ0) is 13.3. The second kappa shape index (κ2) is 15.5.